The predicted octanol–water partition coefficient (Wildman–Crippen LogP) is 5.48. The molecule has 35 heavy (non-hydrogen) atoms. The minimum atomic E-state index is -0.258. The van der Waals surface area contributed by atoms with Crippen LogP contribution in [0.3, 0.4) is 0 Å². The summed E-state index contributed by atoms with van der Waals surface area (Å²) in [5, 5.41) is 2.89. The molecule has 6 nitrogen and oxygen atoms in total. The number of hydrogen-bond acceptors (Lipinski definition) is 4. The smallest absolute Gasteiger partial charge is 0.282 e. The van der Waals surface area contributed by atoms with E-state index in [4.69, 9.17) is 0 Å². The van der Waals surface area contributed by atoms with Crippen molar-refractivity contribution >= 4 is 35.1 Å². The molecule has 0 aliphatic carbocycles. The minimum Gasteiger partial charge on any atom is -0.322 e. The van der Waals surface area contributed by atoms with Crippen LogP contribution in [-0.2, 0) is 4.79 Å². The Kier molecular flexibility index (Phi) is 6.01. The number of nitrogens with one attached hydrogen (secondary N) is 1. The summed E-state index contributed by atoms with van der Waals surface area (Å²) < 4.78 is 0. The van der Waals surface area contributed by atoms with E-state index in [1.165, 1.54) is 0 Å². The molecular formula is C29H22N4O2. The second-order valence-corrected chi connectivity index (χ2v) is 8.09. The molecule has 1 aliphatic rings. The highest BCUT2D eigenvalue weighted by Crippen LogP contribution is 2.28. The number of amidine groups is 1. The summed E-state index contributed by atoms with van der Waals surface area (Å²) in [6.45, 7) is 1.99. The van der Waals surface area contributed by atoms with Crippen LogP contribution in [0.15, 0.2) is 114 Å². The molecule has 5 rings (SSSR count). The Morgan fingerprint density at radius 2 is 1.57 bits per heavy atom. The lowest BCUT2D eigenvalue weighted by Crippen LogP contribution is -2.32. The molecule has 170 valence electrons. The van der Waals surface area contributed by atoms with E-state index in [-0.39, 0.29) is 11.8 Å². The normalized spacial score (nSPS) is 14.2. The van der Waals surface area contributed by atoms with E-state index >= 15 is 0 Å². The van der Waals surface area contributed by atoms with Gasteiger partial charge in [0.1, 0.15) is 11.5 Å². The van der Waals surface area contributed by atoms with Gasteiger partial charge in [-0.25, -0.2) is 4.99 Å². The van der Waals surface area contributed by atoms with Crippen LogP contribution in [0.2, 0.25) is 0 Å². The first-order valence-electron chi connectivity index (χ1n) is 11.2. The van der Waals surface area contributed by atoms with E-state index in [1.807, 2.05) is 79.7 Å². The van der Waals surface area contributed by atoms with Gasteiger partial charge in [-0.05, 0) is 61.5 Å². The topological polar surface area (TPSA) is 74.7 Å². The van der Waals surface area contributed by atoms with Crippen LogP contribution in [0.25, 0.3) is 6.08 Å². The summed E-state index contributed by atoms with van der Waals surface area (Å²) in [5.41, 5.74) is 4.71. The molecule has 2 amide bonds. The molecular weight excluding hydrogens is 436 g/mol. The lowest BCUT2D eigenvalue weighted by molar-refractivity contribution is -0.113. The first-order valence-corrected chi connectivity index (χ1v) is 11.2. The zero-order chi connectivity index (χ0) is 24.2. The Morgan fingerprint density at radius 1 is 0.857 bits per heavy atom. The maximum Gasteiger partial charge on any atom is 0.282 e. The summed E-state index contributed by atoms with van der Waals surface area (Å²) in [4.78, 5) is 36.6. The second-order valence-electron chi connectivity index (χ2n) is 8.09. The molecule has 1 aromatic heterocycles. The fourth-order valence-electron chi connectivity index (χ4n) is 3.74. The molecule has 0 bridgehead atoms. The Labute approximate surface area is 203 Å². The van der Waals surface area contributed by atoms with Gasteiger partial charge in [0.15, 0.2) is 0 Å². The van der Waals surface area contributed by atoms with Gasteiger partial charge in [-0.15, -0.1) is 0 Å². The van der Waals surface area contributed by atoms with E-state index in [0.29, 0.717) is 28.5 Å². The van der Waals surface area contributed by atoms with E-state index in [2.05, 4.69) is 15.3 Å². The standard InChI is InChI=1S/C29H22N4O2/c1-20-10-14-23(15-11-20)31-28(34)22-12-16-25(17-13-22)33-27(21-7-3-2-4-8-21)32-26(29(33)35)19-24-9-5-6-18-30-24/h2-19H,1H3,(H,31,34)/b26-19-. The Bertz CT molecular complexity index is 1430. The zero-order valence-electron chi connectivity index (χ0n) is 19.1. The van der Waals surface area contributed by atoms with Crippen molar-refractivity contribution in [2.24, 2.45) is 4.99 Å². The fraction of sp³-hybridized carbons (Fsp3) is 0.0345. The first kappa shape index (κ1) is 22.0. The molecule has 1 N–H and O–H groups in total. The highest BCUT2D eigenvalue weighted by molar-refractivity contribution is 6.33. The van der Waals surface area contributed by atoms with Crippen molar-refractivity contribution in [1.29, 1.82) is 0 Å². The third-order valence-corrected chi connectivity index (χ3v) is 5.56. The quantitative estimate of drug-likeness (QED) is 0.403. The summed E-state index contributed by atoms with van der Waals surface area (Å²) >= 11 is 0. The molecule has 0 unspecified atom stereocenters. The molecule has 1 aliphatic heterocycles. The van der Waals surface area contributed by atoms with E-state index in [1.54, 1.807) is 41.4 Å². The molecule has 0 saturated carbocycles. The largest absolute Gasteiger partial charge is 0.322 e. The number of benzene rings is 3. The van der Waals surface area contributed by atoms with E-state index in [0.717, 1.165) is 16.8 Å². The third-order valence-electron chi connectivity index (χ3n) is 5.56. The zero-order valence-corrected chi connectivity index (χ0v) is 19.1. The van der Waals surface area contributed by atoms with Gasteiger partial charge in [-0.3, -0.25) is 19.5 Å². The van der Waals surface area contributed by atoms with Gasteiger partial charge in [-0.2, -0.15) is 0 Å². The lowest BCUT2D eigenvalue weighted by atomic mass is 10.1. The number of aromatic nitrogens is 1. The van der Waals surface area contributed by atoms with Gasteiger partial charge in [0.25, 0.3) is 11.8 Å². The Balaban J connectivity index is 1.44. The third kappa shape index (κ3) is 4.77. The van der Waals surface area contributed by atoms with Crippen LogP contribution >= 0.6 is 0 Å². The molecule has 0 atom stereocenters. The van der Waals surface area contributed by atoms with Gasteiger partial charge in [0.2, 0.25) is 0 Å². The van der Waals surface area contributed by atoms with Crippen LogP contribution in [-0.4, -0.2) is 22.6 Å². The summed E-state index contributed by atoms with van der Waals surface area (Å²) in [6.07, 6.45) is 3.35. The van der Waals surface area contributed by atoms with Crippen LogP contribution in [0.1, 0.15) is 27.2 Å². The summed E-state index contributed by atoms with van der Waals surface area (Å²) in [5.74, 6) is 0.0434. The fourth-order valence-corrected chi connectivity index (χ4v) is 3.74. The van der Waals surface area contributed by atoms with Gasteiger partial charge >= 0.3 is 0 Å². The van der Waals surface area contributed by atoms with Crippen molar-refractivity contribution in [2.45, 2.75) is 6.92 Å². The molecule has 6 heteroatoms. The molecule has 0 spiro atoms. The number of carbonyl (C=O) groups excluding carboxylic acids is 2. The number of aryl methyl sites for hydroxylation is 1. The minimum absolute atomic E-state index is 0.221. The average Bonchev–Trinajstić information content (AvgIpc) is 3.22. The van der Waals surface area contributed by atoms with Crippen molar-refractivity contribution in [3.8, 4) is 0 Å². The highest BCUT2D eigenvalue weighted by atomic mass is 16.2. The molecule has 3 aromatic carbocycles. The number of carbonyl (C=O) groups is 2. The number of anilines is 2. The molecule has 4 aromatic rings. The van der Waals surface area contributed by atoms with Crippen molar-refractivity contribution in [2.75, 3.05) is 10.2 Å². The van der Waals surface area contributed by atoms with Crippen molar-refractivity contribution in [3.63, 3.8) is 0 Å². The summed E-state index contributed by atoms with van der Waals surface area (Å²) in [7, 11) is 0. The van der Waals surface area contributed by atoms with Crippen molar-refractivity contribution in [1.82, 2.24) is 4.98 Å². The number of rotatable bonds is 5. The summed E-state index contributed by atoms with van der Waals surface area (Å²) in [6, 6.07) is 29.6. The molecule has 2 heterocycles. The maximum atomic E-state index is 13.4. The predicted molar refractivity (Wildman–Crippen MR) is 138 cm³/mol. The number of aliphatic imine (C=N–C) groups is 1. The van der Waals surface area contributed by atoms with Crippen molar-refractivity contribution in [3.05, 3.63) is 131 Å². The molecule has 0 fully saturated rings. The number of nitrogens with zero attached hydrogens (tertiary/aromatic N) is 3. The molecule has 0 saturated heterocycles. The van der Waals surface area contributed by atoms with Gasteiger partial charge < -0.3 is 5.32 Å². The average molecular weight is 459 g/mol. The van der Waals surface area contributed by atoms with Gasteiger partial charge in [0.05, 0.1) is 11.4 Å². The second kappa shape index (κ2) is 9.57. The number of amides is 2. The van der Waals surface area contributed by atoms with Crippen LogP contribution in [0.4, 0.5) is 11.4 Å². The molecule has 0 radical (unpaired) electrons. The van der Waals surface area contributed by atoms with E-state index < -0.39 is 0 Å². The van der Waals surface area contributed by atoms with E-state index in [9.17, 15) is 9.59 Å². The van der Waals surface area contributed by atoms with Crippen LogP contribution in [0, 0.1) is 6.92 Å². The lowest BCUT2D eigenvalue weighted by Gasteiger charge is -2.19. The maximum absolute atomic E-state index is 13.4. The number of pyridine rings is 1. The monoisotopic (exact) mass is 458 g/mol. The SMILES string of the molecule is Cc1ccc(NC(=O)c2ccc(N3C(=O)/C(=C/c4ccccn4)N=C3c3ccccc3)cc2)cc1. The van der Waals surface area contributed by atoms with Crippen molar-refractivity contribution < 1.29 is 9.59 Å². The van der Waals surface area contributed by atoms with Crippen LogP contribution < -0.4 is 10.2 Å². The highest BCUT2D eigenvalue weighted by Gasteiger charge is 2.32. The van der Waals surface area contributed by atoms with Gasteiger partial charge in [0, 0.05) is 23.0 Å². The first-order chi connectivity index (χ1) is 17.1. The number of hydrogen-bond donors (Lipinski definition) is 1. The van der Waals surface area contributed by atoms with Gasteiger partial charge in [-0.1, -0.05) is 54.1 Å². The Morgan fingerprint density at radius 3 is 2.26 bits per heavy atom. The Hall–Kier alpha value is -4.84. The van der Waals surface area contributed by atoms with Crippen LogP contribution in [0.5, 0.6) is 0 Å².